The minimum atomic E-state index is 0.174. The van der Waals surface area contributed by atoms with Crippen LogP contribution in [0, 0.1) is 34.0 Å². The summed E-state index contributed by atoms with van der Waals surface area (Å²) in [6.07, 6.45) is 11.2. The maximum absolute atomic E-state index is 4.40. The Bertz CT molecular complexity index is 608. The molecule has 0 aromatic carbocycles. The Labute approximate surface area is 150 Å². The molecule has 0 saturated heterocycles. The van der Waals surface area contributed by atoms with E-state index in [-0.39, 0.29) is 16.2 Å². The zero-order chi connectivity index (χ0) is 18.5. The predicted octanol–water partition coefficient (Wildman–Crippen LogP) is 7.36. The Morgan fingerprint density at radius 1 is 1.25 bits per heavy atom. The van der Waals surface area contributed by atoms with Gasteiger partial charge in [0.25, 0.3) is 0 Å². The second-order valence-corrected chi connectivity index (χ2v) is 9.78. The van der Waals surface area contributed by atoms with Crippen LogP contribution >= 0.6 is 0 Å². The maximum Gasteiger partial charge on any atom is -0.00123 e. The maximum atomic E-state index is 4.40. The second-order valence-electron chi connectivity index (χ2n) is 9.78. The van der Waals surface area contributed by atoms with Crippen molar-refractivity contribution in [3.63, 3.8) is 0 Å². The molecule has 5 atom stereocenters. The molecule has 134 valence electrons. The van der Waals surface area contributed by atoms with Crippen molar-refractivity contribution in [3.8, 4) is 0 Å². The third-order valence-corrected chi connectivity index (χ3v) is 7.03. The van der Waals surface area contributed by atoms with Crippen molar-refractivity contribution in [1.82, 2.24) is 0 Å². The molecule has 0 bridgehead atoms. The van der Waals surface area contributed by atoms with Crippen LogP contribution < -0.4 is 0 Å². The Balaban J connectivity index is 2.72. The van der Waals surface area contributed by atoms with Crippen molar-refractivity contribution in [2.24, 2.45) is 34.0 Å². The molecule has 0 saturated carbocycles. The summed E-state index contributed by atoms with van der Waals surface area (Å²) in [6.45, 7) is 25.6. The molecule has 0 radical (unpaired) electrons. The van der Waals surface area contributed by atoms with Gasteiger partial charge < -0.3 is 0 Å². The van der Waals surface area contributed by atoms with Crippen LogP contribution in [0.3, 0.4) is 0 Å². The van der Waals surface area contributed by atoms with Crippen LogP contribution in [0.1, 0.15) is 68.7 Å². The van der Waals surface area contributed by atoms with Crippen molar-refractivity contribution >= 4 is 0 Å². The third-order valence-electron chi connectivity index (χ3n) is 7.03. The highest BCUT2D eigenvalue weighted by Crippen LogP contribution is 2.69. The zero-order valence-electron chi connectivity index (χ0n) is 17.5. The molecular formula is C24H38. The Morgan fingerprint density at radius 3 is 2.08 bits per heavy atom. The normalized spacial score (nSPS) is 32.5. The SMILES string of the molecule is C=C(C)C(C)C(C(C)C=C(C)C)(C1C=CC1(C)C)C1(C)C=C(C)C1. The largest absolute Gasteiger partial charge is 0.0998 e. The van der Waals surface area contributed by atoms with E-state index in [9.17, 15) is 0 Å². The second kappa shape index (κ2) is 6.04. The van der Waals surface area contributed by atoms with Gasteiger partial charge in [-0.2, -0.15) is 0 Å². The van der Waals surface area contributed by atoms with Crippen LogP contribution in [0.25, 0.3) is 0 Å². The lowest BCUT2D eigenvalue weighted by molar-refractivity contribution is -0.0860. The molecule has 0 fully saturated rings. The summed E-state index contributed by atoms with van der Waals surface area (Å²) in [4.78, 5) is 0. The Kier molecular flexibility index (Phi) is 4.86. The molecule has 0 heteroatoms. The summed E-state index contributed by atoms with van der Waals surface area (Å²) in [5, 5.41) is 0. The molecule has 5 unspecified atom stereocenters. The molecule has 24 heavy (non-hydrogen) atoms. The van der Waals surface area contributed by atoms with E-state index in [4.69, 9.17) is 0 Å². The van der Waals surface area contributed by atoms with E-state index in [0.29, 0.717) is 17.8 Å². The lowest BCUT2D eigenvalue weighted by Gasteiger charge is -2.65. The number of hydrogen-bond acceptors (Lipinski definition) is 0. The van der Waals surface area contributed by atoms with Crippen LogP contribution in [-0.4, -0.2) is 0 Å². The summed E-state index contributed by atoms with van der Waals surface area (Å²) in [5.74, 6) is 1.57. The van der Waals surface area contributed by atoms with Gasteiger partial charge in [0.1, 0.15) is 0 Å². The van der Waals surface area contributed by atoms with E-state index in [1.807, 2.05) is 0 Å². The average molecular weight is 327 g/mol. The molecule has 0 aliphatic heterocycles. The smallest absolute Gasteiger partial charge is 0.00123 e. The fourth-order valence-corrected chi connectivity index (χ4v) is 6.09. The molecule has 0 spiro atoms. The van der Waals surface area contributed by atoms with Gasteiger partial charge in [-0.1, -0.05) is 82.2 Å². The number of allylic oxidation sites excluding steroid dienone is 7. The molecule has 0 aromatic heterocycles. The summed E-state index contributed by atoms with van der Waals surface area (Å²) in [7, 11) is 0. The highest BCUT2D eigenvalue weighted by atomic mass is 14.7. The van der Waals surface area contributed by atoms with E-state index in [1.54, 1.807) is 5.57 Å². The Morgan fingerprint density at radius 2 is 1.79 bits per heavy atom. The molecular weight excluding hydrogens is 288 g/mol. The highest BCUT2D eigenvalue weighted by molar-refractivity contribution is 5.35. The van der Waals surface area contributed by atoms with Crippen LogP contribution in [-0.2, 0) is 0 Å². The van der Waals surface area contributed by atoms with E-state index in [2.05, 4.69) is 93.2 Å². The van der Waals surface area contributed by atoms with E-state index in [1.165, 1.54) is 17.6 Å². The van der Waals surface area contributed by atoms with Gasteiger partial charge in [-0.25, -0.2) is 0 Å². The van der Waals surface area contributed by atoms with Gasteiger partial charge in [-0.15, -0.1) is 0 Å². The van der Waals surface area contributed by atoms with Gasteiger partial charge in [-0.3, -0.25) is 0 Å². The van der Waals surface area contributed by atoms with Crippen molar-refractivity contribution in [1.29, 1.82) is 0 Å². The summed E-state index contributed by atoms with van der Waals surface area (Å²) in [5.41, 5.74) is 4.95. The van der Waals surface area contributed by atoms with Crippen molar-refractivity contribution < 1.29 is 0 Å². The summed E-state index contributed by atoms with van der Waals surface area (Å²) < 4.78 is 0. The molecule has 0 N–H and O–H groups in total. The standard InChI is InChI=1S/C24H38/c1-16(2)13-19(6)24(20(7)17(3)4,21-11-12-22(21,8)9)23(10)14-18(5)15-23/h11-14,19-21H,3,15H2,1-2,4-10H3. The van der Waals surface area contributed by atoms with Crippen molar-refractivity contribution in [3.05, 3.63) is 47.6 Å². The fraction of sp³-hybridized carbons (Fsp3) is 0.667. The highest BCUT2D eigenvalue weighted by Gasteiger charge is 2.63. The summed E-state index contributed by atoms with van der Waals surface area (Å²) in [6, 6.07) is 0. The molecule has 0 nitrogen and oxygen atoms in total. The van der Waals surface area contributed by atoms with Gasteiger partial charge >= 0.3 is 0 Å². The first-order valence-electron chi connectivity index (χ1n) is 9.56. The van der Waals surface area contributed by atoms with Gasteiger partial charge in [0.15, 0.2) is 0 Å². The van der Waals surface area contributed by atoms with Crippen LogP contribution in [0.15, 0.2) is 47.6 Å². The van der Waals surface area contributed by atoms with Crippen molar-refractivity contribution in [2.75, 3.05) is 0 Å². The first-order chi connectivity index (χ1) is 10.9. The monoisotopic (exact) mass is 326 g/mol. The van der Waals surface area contributed by atoms with Gasteiger partial charge in [0.2, 0.25) is 0 Å². The van der Waals surface area contributed by atoms with Crippen LogP contribution in [0.4, 0.5) is 0 Å². The first-order valence-corrected chi connectivity index (χ1v) is 9.56. The predicted molar refractivity (Wildman–Crippen MR) is 108 cm³/mol. The van der Waals surface area contributed by atoms with Crippen molar-refractivity contribution in [2.45, 2.75) is 68.7 Å². The Hall–Kier alpha value is -1.04. The molecule has 2 rings (SSSR count). The van der Waals surface area contributed by atoms with Crippen LogP contribution in [0.5, 0.6) is 0 Å². The number of rotatable bonds is 6. The molecule has 0 amide bonds. The molecule has 0 heterocycles. The van der Waals surface area contributed by atoms with E-state index in [0.717, 1.165) is 0 Å². The molecule has 0 aromatic rings. The van der Waals surface area contributed by atoms with Gasteiger partial charge in [0, 0.05) is 0 Å². The quantitative estimate of drug-likeness (QED) is 0.447. The average Bonchev–Trinajstić information content (AvgIpc) is 2.39. The first kappa shape index (κ1) is 19.3. The molecule has 2 aliphatic carbocycles. The van der Waals surface area contributed by atoms with Gasteiger partial charge in [-0.05, 0) is 68.1 Å². The topological polar surface area (TPSA) is 0 Å². The summed E-state index contributed by atoms with van der Waals surface area (Å²) >= 11 is 0. The van der Waals surface area contributed by atoms with E-state index >= 15 is 0 Å². The lowest BCUT2D eigenvalue weighted by Crippen LogP contribution is -2.60. The minimum Gasteiger partial charge on any atom is -0.0998 e. The van der Waals surface area contributed by atoms with E-state index < -0.39 is 0 Å². The van der Waals surface area contributed by atoms with Gasteiger partial charge in [0.05, 0.1) is 0 Å². The zero-order valence-corrected chi connectivity index (χ0v) is 17.5. The fourth-order valence-electron chi connectivity index (χ4n) is 6.09. The third kappa shape index (κ3) is 2.67. The lowest BCUT2D eigenvalue weighted by atomic mass is 9.38. The minimum absolute atomic E-state index is 0.174. The molecule has 2 aliphatic rings. The van der Waals surface area contributed by atoms with Crippen LogP contribution in [0.2, 0.25) is 0 Å². The number of hydrogen-bond donors (Lipinski definition) is 0.